The van der Waals surface area contributed by atoms with Gasteiger partial charge in [0.25, 0.3) is 0 Å². The van der Waals surface area contributed by atoms with Gasteiger partial charge in [-0.15, -0.1) is 9.90 Å². The predicted octanol–water partition coefficient (Wildman–Crippen LogP) is 3.13. The summed E-state index contributed by atoms with van der Waals surface area (Å²) in [4.78, 5) is 0.416. The van der Waals surface area contributed by atoms with Gasteiger partial charge in [-0.25, -0.2) is 0 Å². The molecule has 0 unspecified atom stereocenters. The largest absolute Gasteiger partial charge is 0.348 e. The van der Waals surface area contributed by atoms with Crippen molar-refractivity contribution in [2.45, 2.75) is 32.4 Å². The van der Waals surface area contributed by atoms with E-state index >= 15 is 0 Å². The van der Waals surface area contributed by atoms with Gasteiger partial charge in [0.05, 0.1) is 0 Å². The van der Waals surface area contributed by atoms with Gasteiger partial charge >= 0.3 is 6.55 Å². The maximum atomic E-state index is 12.5. The standard InChI is InChI=1S/C11H11ClF2IN5/c12-9-7(5-19(17-9)4-6-1-2-6)3-8-10(15)18-20(16-8)11(13)14/h5-6,11H,1-4H2. The molecule has 1 saturated carbocycles. The van der Waals surface area contributed by atoms with Crippen LogP contribution in [-0.2, 0) is 13.0 Å². The van der Waals surface area contributed by atoms with Crippen molar-refractivity contribution in [3.63, 3.8) is 0 Å². The first kappa shape index (κ1) is 14.2. The van der Waals surface area contributed by atoms with Crippen LogP contribution in [0.25, 0.3) is 0 Å². The van der Waals surface area contributed by atoms with Crippen molar-refractivity contribution >= 4 is 34.2 Å². The molecular weight excluding hydrogens is 403 g/mol. The van der Waals surface area contributed by atoms with Gasteiger partial charge in [-0.1, -0.05) is 11.6 Å². The Morgan fingerprint density at radius 2 is 2.10 bits per heavy atom. The van der Waals surface area contributed by atoms with E-state index in [0.29, 0.717) is 31.7 Å². The first-order valence-electron chi connectivity index (χ1n) is 6.14. The molecule has 2 heterocycles. The van der Waals surface area contributed by atoms with E-state index in [1.54, 1.807) is 0 Å². The topological polar surface area (TPSA) is 48.5 Å². The van der Waals surface area contributed by atoms with Crippen molar-refractivity contribution in [2.75, 3.05) is 0 Å². The molecule has 1 fully saturated rings. The second kappa shape index (κ2) is 5.55. The van der Waals surface area contributed by atoms with Gasteiger partial charge in [0.15, 0.2) is 5.15 Å². The third kappa shape index (κ3) is 3.11. The van der Waals surface area contributed by atoms with Gasteiger partial charge in [0.2, 0.25) is 0 Å². The summed E-state index contributed by atoms with van der Waals surface area (Å²) in [6, 6.07) is 0. The Labute approximate surface area is 132 Å². The summed E-state index contributed by atoms with van der Waals surface area (Å²) >= 11 is 7.97. The molecule has 108 valence electrons. The van der Waals surface area contributed by atoms with Crippen molar-refractivity contribution in [3.05, 3.63) is 26.3 Å². The summed E-state index contributed by atoms with van der Waals surface area (Å²) < 4.78 is 27.3. The van der Waals surface area contributed by atoms with E-state index in [9.17, 15) is 8.78 Å². The smallest absolute Gasteiger partial charge is 0.271 e. The van der Waals surface area contributed by atoms with Gasteiger partial charge in [0, 0.05) is 24.7 Å². The Morgan fingerprint density at radius 1 is 1.35 bits per heavy atom. The number of nitrogens with zero attached hydrogens (tertiary/aromatic N) is 5. The van der Waals surface area contributed by atoms with Gasteiger partial charge in [-0.3, -0.25) is 4.68 Å². The number of aromatic nitrogens is 5. The fourth-order valence-electron chi connectivity index (χ4n) is 1.93. The zero-order valence-electron chi connectivity index (χ0n) is 10.3. The van der Waals surface area contributed by atoms with Crippen molar-refractivity contribution in [1.82, 2.24) is 24.8 Å². The minimum absolute atomic E-state index is 0.356. The molecule has 9 heteroatoms. The lowest BCUT2D eigenvalue weighted by atomic mass is 10.2. The van der Waals surface area contributed by atoms with E-state index in [2.05, 4.69) is 15.3 Å². The van der Waals surface area contributed by atoms with Gasteiger partial charge in [-0.05, 0) is 41.4 Å². The highest BCUT2D eigenvalue weighted by atomic mass is 127. The number of hydrogen-bond donors (Lipinski definition) is 0. The fourth-order valence-corrected chi connectivity index (χ4v) is 2.66. The zero-order chi connectivity index (χ0) is 14.3. The molecule has 0 saturated heterocycles. The second-order valence-electron chi connectivity index (χ2n) is 4.82. The highest BCUT2D eigenvalue weighted by Gasteiger charge is 2.23. The maximum absolute atomic E-state index is 12.5. The number of halogens is 4. The summed E-state index contributed by atoms with van der Waals surface area (Å²) in [6.45, 7) is -1.87. The molecule has 20 heavy (non-hydrogen) atoms. The van der Waals surface area contributed by atoms with Crippen LogP contribution in [0.5, 0.6) is 0 Å². The minimum atomic E-state index is -2.73. The predicted molar refractivity (Wildman–Crippen MR) is 76.8 cm³/mol. The van der Waals surface area contributed by atoms with Crippen molar-refractivity contribution in [1.29, 1.82) is 0 Å². The number of rotatable bonds is 5. The van der Waals surface area contributed by atoms with E-state index < -0.39 is 6.55 Å². The highest BCUT2D eigenvalue weighted by Crippen LogP contribution is 2.31. The summed E-state index contributed by atoms with van der Waals surface area (Å²) in [5.74, 6) is 0.693. The van der Waals surface area contributed by atoms with Crippen LogP contribution in [-0.4, -0.2) is 24.8 Å². The van der Waals surface area contributed by atoms with Crippen LogP contribution in [0.3, 0.4) is 0 Å². The van der Waals surface area contributed by atoms with E-state index in [1.807, 2.05) is 33.5 Å². The quantitative estimate of drug-likeness (QED) is 0.708. The molecule has 2 aromatic rings. The normalized spacial score (nSPS) is 15.2. The highest BCUT2D eigenvalue weighted by molar-refractivity contribution is 14.1. The van der Waals surface area contributed by atoms with Crippen LogP contribution < -0.4 is 0 Å². The Bertz CT molecular complexity index is 622. The molecule has 3 rings (SSSR count). The Hall–Kier alpha value is -0.770. The molecule has 2 aromatic heterocycles. The van der Waals surface area contributed by atoms with E-state index in [0.717, 1.165) is 12.1 Å². The van der Waals surface area contributed by atoms with Gasteiger partial charge < -0.3 is 0 Å². The fraction of sp³-hybridized carbons (Fsp3) is 0.545. The summed E-state index contributed by atoms with van der Waals surface area (Å²) in [5, 5.41) is 12.1. The van der Waals surface area contributed by atoms with Crippen molar-refractivity contribution in [2.24, 2.45) is 5.92 Å². The van der Waals surface area contributed by atoms with Gasteiger partial charge in [-0.2, -0.15) is 19.0 Å². The third-order valence-electron chi connectivity index (χ3n) is 3.11. The van der Waals surface area contributed by atoms with Crippen LogP contribution in [0.2, 0.25) is 5.15 Å². The van der Waals surface area contributed by atoms with Crippen LogP contribution in [0, 0.1) is 9.62 Å². The lowest BCUT2D eigenvalue weighted by Gasteiger charge is -1.96. The SMILES string of the molecule is FC(F)n1nc(I)c(Cc2cn(CC3CC3)nc2Cl)n1. The number of alkyl halides is 2. The minimum Gasteiger partial charge on any atom is -0.271 e. The van der Waals surface area contributed by atoms with Crippen LogP contribution in [0.1, 0.15) is 30.6 Å². The molecule has 0 aromatic carbocycles. The molecule has 0 N–H and O–H groups in total. The Balaban J connectivity index is 1.77. The molecule has 0 amide bonds. The Morgan fingerprint density at radius 3 is 2.70 bits per heavy atom. The molecule has 0 bridgehead atoms. The zero-order valence-corrected chi connectivity index (χ0v) is 13.2. The lowest BCUT2D eigenvalue weighted by Crippen LogP contribution is -2.03. The van der Waals surface area contributed by atoms with Crippen LogP contribution >= 0.6 is 34.2 Å². The first-order valence-corrected chi connectivity index (χ1v) is 7.60. The van der Waals surface area contributed by atoms with Crippen molar-refractivity contribution < 1.29 is 8.78 Å². The molecule has 1 aliphatic rings. The third-order valence-corrected chi connectivity index (χ3v) is 4.27. The summed E-state index contributed by atoms with van der Waals surface area (Å²) in [6.07, 6.45) is 4.67. The first-order chi connectivity index (χ1) is 9.52. The molecule has 5 nitrogen and oxygen atoms in total. The van der Waals surface area contributed by atoms with Crippen LogP contribution in [0.15, 0.2) is 6.20 Å². The van der Waals surface area contributed by atoms with E-state index in [1.165, 1.54) is 12.8 Å². The van der Waals surface area contributed by atoms with E-state index in [4.69, 9.17) is 11.6 Å². The Kier molecular flexibility index (Phi) is 3.93. The monoisotopic (exact) mass is 413 g/mol. The van der Waals surface area contributed by atoms with E-state index in [-0.39, 0.29) is 0 Å². The lowest BCUT2D eigenvalue weighted by molar-refractivity contribution is 0.0407. The number of hydrogen-bond acceptors (Lipinski definition) is 3. The molecule has 0 spiro atoms. The summed E-state index contributed by atoms with van der Waals surface area (Å²) in [5.41, 5.74) is 1.27. The second-order valence-corrected chi connectivity index (χ2v) is 6.20. The molecular formula is C11H11ClF2IN5. The van der Waals surface area contributed by atoms with Crippen molar-refractivity contribution in [3.8, 4) is 0 Å². The average molecular weight is 414 g/mol. The van der Waals surface area contributed by atoms with Gasteiger partial charge in [0.1, 0.15) is 9.39 Å². The molecule has 0 radical (unpaired) electrons. The maximum Gasteiger partial charge on any atom is 0.348 e. The van der Waals surface area contributed by atoms with Crippen LogP contribution in [0.4, 0.5) is 8.78 Å². The average Bonchev–Trinajstić information content (AvgIpc) is 3.01. The molecule has 0 atom stereocenters. The summed E-state index contributed by atoms with van der Waals surface area (Å²) in [7, 11) is 0. The molecule has 0 aliphatic heterocycles. The molecule has 1 aliphatic carbocycles.